The van der Waals surface area contributed by atoms with E-state index in [0.29, 0.717) is 35.3 Å². The molecular weight excluding hydrogens is 366 g/mol. The first-order valence-corrected chi connectivity index (χ1v) is 11.2. The van der Waals surface area contributed by atoms with Crippen LogP contribution in [-0.4, -0.2) is 33.3 Å². The maximum Gasteiger partial charge on any atom is 0.357 e. The molecule has 3 aliphatic carbocycles. The van der Waals surface area contributed by atoms with E-state index in [2.05, 4.69) is 11.6 Å². The maximum atomic E-state index is 11.3. The number of benzene rings is 1. The molecule has 0 bridgehead atoms. The van der Waals surface area contributed by atoms with Crippen molar-refractivity contribution >= 4 is 16.0 Å². The summed E-state index contributed by atoms with van der Waals surface area (Å²) in [5.74, 6) is 2.26. The molecule has 5 atom stereocenters. The predicted molar refractivity (Wildman–Crippen MR) is 104 cm³/mol. The van der Waals surface area contributed by atoms with E-state index in [0.717, 1.165) is 37.7 Å². The number of fused-ring (bicyclic) bond motifs is 5. The van der Waals surface area contributed by atoms with E-state index in [9.17, 15) is 8.42 Å². The minimum atomic E-state index is -4.33. The van der Waals surface area contributed by atoms with Crippen LogP contribution in [0.1, 0.15) is 56.1 Å². The Kier molecular flexibility index (Phi) is 4.68. The number of methoxy groups -OCH3 is 2. The minimum absolute atomic E-state index is 0.268. The predicted octanol–water partition coefficient (Wildman–Crippen LogP) is 3.78. The third kappa shape index (κ3) is 3.13. The van der Waals surface area contributed by atoms with Crippen LogP contribution in [0.5, 0.6) is 5.75 Å². The largest absolute Gasteiger partial charge is 0.495 e. The Morgan fingerprint density at radius 1 is 1.19 bits per heavy atom. The number of rotatable bonds is 4. The zero-order chi connectivity index (χ0) is 19.4. The van der Waals surface area contributed by atoms with Gasteiger partial charge < -0.3 is 9.47 Å². The summed E-state index contributed by atoms with van der Waals surface area (Å²) in [5.41, 5.74) is 3.02. The zero-order valence-electron chi connectivity index (χ0n) is 16.2. The molecular formula is C20H29NO5S. The van der Waals surface area contributed by atoms with E-state index in [1.165, 1.54) is 19.1 Å². The second-order valence-electron chi connectivity index (χ2n) is 8.59. The molecule has 1 aromatic rings. The van der Waals surface area contributed by atoms with Crippen LogP contribution in [0.15, 0.2) is 12.1 Å². The lowest BCUT2D eigenvalue weighted by molar-refractivity contribution is -0.0444. The van der Waals surface area contributed by atoms with Crippen molar-refractivity contribution in [2.75, 3.05) is 18.9 Å². The first-order valence-electron chi connectivity index (χ1n) is 9.75. The molecule has 7 heteroatoms. The standard InChI is InChI=1S/C20H29NO5S/c1-20-9-8-13-14(16(20)6-7-19(20)26-3)5-4-12-10-17(21-27(22,23)24)18(25-2)11-15(12)13/h10-11,13-14,16,19,21H,4-9H2,1-3H3,(H,22,23,24)/t13?,14?,16?,19-,20-/m0/s1. The van der Waals surface area contributed by atoms with Crippen molar-refractivity contribution in [3.63, 3.8) is 0 Å². The van der Waals surface area contributed by atoms with E-state index in [1.54, 1.807) is 0 Å². The molecule has 4 rings (SSSR count). The van der Waals surface area contributed by atoms with Crippen molar-refractivity contribution in [1.82, 2.24) is 0 Å². The molecule has 150 valence electrons. The van der Waals surface area contributed by atoms with E-state index in [1.807, 2.05) is 19.2 Å². The van der Waals surface area contributed by atoms with Crippen molar-refractivity contribution < 1.29 is 22.4 Å². The molecule has 2 fully saturated rings. The van der Waals surface area contributed by atoms with Crippen molar-refractivity contribution in [3.05, 3.63) is 23.3 Å². The van der Waals surface area contributed by atoms with Gasteiger partial charge in [-0.2, -0.15) is 8.42 Å². The van der Waals surface area contributed by atoms with Crippen molar-refractivity contribution in [2.24, 2.45) is 17.3 Å². The fourth-order valence-electron chi connectivity index (χ4n) is 6.33. The van der Waals surface area contributed by atoms with Crippen molar-refractivity contribution in [1.29, 1.82) is 0 Å². The van der Waals surface area contributed by atoms with Crippen LogP contribution in [0.2, 0.25) is 0 Å². The van der Waals surface area contributed by atoms with Crippen LogP contribution in [0.25, 0.3) is 0 Å². The summed E-state index contributed by atoms with van der Waals surface area (Å²) < 4.78 is 45.1. The average Bonchev–Trinajstić information content (AvgIpc) is 2.95. The maximum absolute atomic E-state index is 11.3. The summed E-state index contributed by atoms with van der Waals surface area (Å²) in [7, 11) is -0.967. The number of nitrogens with one attached hydrogen (secondary N) is 1. The van der Waals surface area contributed by atoms with Gasteiger partial charge >= 0.3 is 10.3 Å². The topological polar surface area (TPSA) is 84.9 Å². The number of anilines is 1. The third-order valence-electron chi connectivity index (χ3n) is 7.48. The Hall–Kier alpha value is -1.31. The van der Waals surface area contributed by atoms with Gasteiger partial charge in [0.1, 0.15) is 5.75 Å². The van der Waals surface area contributed by atoms with Crippen LogP contribution in [0, 0.1) is 17.3 Å². The summed E-state index contributed by atoms with van der Waals surface area (Å²) >= 11 is 0. The van der Waals surface area contributed by atoms with Gasteiger partial charge in [-0.15, -0.1) is 0 Å². The molecule has 1 aromatic carbocycles. The second kappa shape index (κ2) is 6.64. The molecule has 0 amide bonds. The summed E-state index contributed by atoms with van der Waals surface area (Å²) in [6.45, 7) is 2.41. The molecule has 0 heterocycles. The van der Waals surface area contributed by atoms with Gasteiger partial charge in [-0.05, 0) is 85.0 Å². The lowest BCUT2D eigenvalue weighted by Gasteiger charge is -2.50. The fraction of sp³-hybridized carbons (Fsp3) is 0.700. The van der Waals surface area contributed by atoms with Crippen LogP contribution in [0.4, 0.5) is 5.69 Å². The molecule has 0 radical (unpaired) electrons. The van der Waals surface area contributed by atoms with Crippen LogP contribution in [0.3, 0.4) is 0 Å². The highest BCUT2D eigenvalue weighted by molar-refractivity contribution is 7.87. The molecule has 3 unspecified atom stereocenters. The highest BCUT2D eigenvalue weighted by atomic mass is 32.2. The highest BCUT2D eigenvalue weighted by Crippen LogP contribution is 2.61. The Bertz CT molecular complexity index is 839. The summed E-state index contributed by atoms with van der Waals surface area (Å²) in [5, 5.41) is 0. The monoisotopic (exact) mass is 395 g/mol. The van der Waals surface area contributed by atoms with E-state index in [-0.39, 0.29) is 5.41 Å². The van der Waals surface area contributed by atoms with Gasteiger partial charge in [0.05, 0.1) is 18.9 Å². The van der Waals surface area contributed by atoms with Crippen molar-refractivity contribution in [2.45, 2.75) is 57.5 Å². The van der Waals surface area contributed by atoms with Gasteiger partial charge in [-0.25, -0.2) is 0 Å². The first-order chi connectivity index (χ1) is 12.8. The summed E-state index contributed by atoms with van der Waals surface area (Å²) in [6, 6.07) is 3.81. The number of hydrogen-bond acceptors (Lipinski definition) is 4. The van der Waals surface area contributed by atoms with Gasteiger partial charge in [0.15, 0.2) is 0 Å². The quantitative estimate of drug-likeness (QED) is 0.758. The molecule has 2 N–H and O–H groups in total. The first kappa shape index (κ1) is 19.0. The normalized spacial score (nSPS) is 35.1. The SMILES string of the molecule is COc1cc2c(cc1NS(=O)(=O)O)CCC1C2CC[C@@]2(C)C1CC[C@@H]2OC. The van der Waals surface area contributed by atoms with E-state index >= 15 is 0 Å². The Balaban J connectivity index is 1.69. The van der Waals surface area contributed by atoms with Gasteiger partial charge in [0.2, 0.25) is 0 Å². The summed E-state index contributed by atoms with van der Waals surface area (Å²) in [6.07, 6.45) is 7.06. The third-order valence-corrected chi connectivity index (χ3v) is 7.96. The molecule has 6 nitrogen and oxygen atoms in total. The fourth-order valence-corrected chi connectivity index (χ4v) is 6.76. The molecule has 0 aromatic heterocycles. The number of hydrogen-bond donors (Lipinski definition) is 2. The Labute approximate surface area is 161 Å². The highest BCUT2D eigenvalue weighted by Gasteiger charge is 2.55. The minimum Gasteiger partial charge on any atom is -0.495 e. The Morgan fingerprint density at radius 2 is 1.96 bits per heavy atom. The smallest absolute Gasteiger partial charge is 0.357 e. The van der Waals surface area contributed by atoms with Gasteiger partial charge in [0, 0.05) is 7.11 Å². The van der Waals surface area contributed by atoms with Crippen LogP contribution in [-0.2, 0) is 21.5 Å². The van der Waals surface area contributed by atoms with Gasteiger partial charge in [-0.3, -0.25) is 9.27 Å². The molecule has 2 saturated carbocycles. The average molecular weight is 396 g/mol. The second-order valence-corrected chi connectivity index (χ2v) is 9.74. The lowest BCUT2D eigenvalue weighted by Crippen LogP contribution is -2.44. The van der Waals surface area contributed by atoms with Gasteiger partial charge in [0.25, 0.3) is 0 Å². The van der Waals surface area contributed by atoms with E-state index in [4.69, 9.17) is 14.0 Å². The van der Waals surface area contributed by atoms with Crippen molar-refractivity contribution in [3.8, 4) is 5.75 Å². The lowest BCUT2D eigenvalue weighted by atomic mass is 9.55. The molecule has 0 spiro atoms. The zero-order valence-corrected chi connectivity index (χ0v) is 17.0. The number of ether oxygens (including phenoxy) is 2. The number of aryl methyl sites for hydroxylation is 1. The van der Waals surface area contributed by atoms with Crippen LogP contribution >= 0.6 is 0 Å². The van der Waals surface area contributed by atoms with E-state index < -0.39 is 10.3 Å². The van der Waals surface area contributed by atoms with Gasteiger partial charge in [-0.1, -0.05) is 6.92 Å². The molecule has 0 aliphatic heterocycles. The Morgan fingerprint density at radius 3 is 2.63 bits per heavy atom. The molecule has 0 saturated heterocycles. The molecule has 27 heavy (non-hydrogen) atoms. The molecule has 3 aliphatic rings. The van der Waals surface area contributed by atoms with Crippen LogP contribution < -0.4 is 9.46 Å². The summed E-state index contributed by atoms with van der Waals surface area (Å²) in [4.78, 5) is 0.